The Labute approximate surface area is 123 Å². The van der Waals surface area contributed by atoms with E-state index in [1.54, 1.807) is 7.05 Å². The molecule has 1 unspecified atom stereocenters. The number of hydrogen-bond acceptors (Lipinski definition) is 3. The average Bonchev–Trinajstić information content (AvgIpc) is 2.46. The van der Waals surface area contributed by atoms with Crippen LogP contribution in [0, 0.1) is 0 Å². The van der Waals surface area contributed by atoms with Crippen LogP contribution in [-0.2, 0) is 4.79 Å². The molecule has 5 heteroatoms. The predicted octanol–water partition coefficient (Wildman–Crippen LogP) is 2.02. The van der Waals surface area contributed by atoms with E-state index in [1.807, 2.05) is 43.3 Å². The molecule has 0 heterocycles. The topological polar surface area (TPSA) is 67.2 Å². The third-order valence-electron chi connectivity index (χ3n) is 3.20. The number of hydrogen-bond donors (Lipinski definition) is 3. The van der Waals surface area contributed by atoms with Crippen molar-refractivity contribution in [2.75, 3.05) is 12.4 Å². The number of benzene rings is 2. The second-order valence-corrected chi connectivity index (χ2v) is 4.99. The van der Waals surface area contributed by atoms with Crippen molar-refractivity contribution in [3.63, 3.8) is 0 Å². The predicted molar refractivity (Wildman–Crippen MR) is 87.0 cm³/mol. The third kappa shape index (κ3) is 2.72. The van der Waals surface area contributed by atoms with Crippen LogP contribution < -0.4 is 16.4 Å². The average molecular weight is 287 g/mol. The number of fused-ring (bicyclic) bond motifs is 1. The third-order valence-corrected chi connectivity index (χ3v) is 3.42. The van der Waals surface area contributed by atoms with Gasteiger partial charge < -0.3 is 16.4 Å². The number of anilines is 1. The minimum atomic E-state index is -0.320. The molecule has 0 saturated heterocycles. The normalized spacial score (nSPS) is 11.9. The molecule has 0 spiro atoms. The first-order valence-corrected chi connectivity index (χ1v) is 6.75. The zero-order valence-electron chi connectivity index (χ0n) is 11.4. The van der Waals surface area contributed by atoms with Gasteiger partial charge in [-0.3, -0.25) is 4.79 Å². The van der Waals surface area contributed by atoms with Crippen LogP contribution in [0.25, 0.3) is 10.8 Å². The van der Waals surface area contributed by atoms with Crippen molar-refractivity contribution >= 4 is 39.6 Å². The number of amides is 1. The van der Waals surface area contributed by atoms with Gasteiger partial charge in [-0.1, -0.05) is 36.5 Å². The summed E-state index contributed by atoms with van der Waals surface area (Å²) in [6, 6.07) is 11.3. The van der Waals surface area contributed by atoms with Gasteiger partial charge in [0.25, 0.3) is 0 Å². The Morgan fingerprint density at radius 3 is 2.45 bits per heavy atom. The lowest BCUT2D eigenvalue weighted by molar-refractivity contribution is -0.121. The van der Waals surface area contributed by atoms with Crippen LogP contribution in [0.2, 0.25) is 0 Å². The number of thiocarbonyl (C=S) groups is 1. The first-order valence-electron chi connectivity index (χ1n) is 6.34. The van der Waals surface area contributed by atoms with E-state index in [1.165, 1.54) is 0 Å². The Hall–Kier alpha value is -2.14. The first kappa shape index (κ1) is 14.3. The smallest absolute Gasteiger partial charge is 0.241 e. The molecule has 0 saturated carbocycles. The summed E-state index contributed by atoms with van der Waals surface area (Å²) >= 11 is 5.07. The Morgan fingerprint density at radius 2 is 1.85 bits per heavy atom. The van der Waals surface area contributed by atoms with Crippen LogP contribution >= 0.6 is 12.2 Å². The molecule has 1 atom stereocenters. The van der Waals surface area contributed by atoms with Gasteiger partial charge in [0.1, 0.15) is 11.0 Å². The molecule has 4 nitrogen and oxygen atoms in total. The fourth-order valence-corrected chi connectivity index (χ4v) is 2.33. The molecule has 0 fully saturated rings. The van der Waals surface area contributed by atoms with Crippen LogP contribution in [0.15, 0.2) is 36.4 Å². The van der Waals surface area contributed by atoms with Crippen molar-refractivity contribution in [2.45, 2.75) is 13.0 Å². The molecule has 2 aromatic carbocycles. The largest absolute Gasteiger partial charge is 0.389 e. The lowest BCUT2D eigenvalue weighted by Crippen LogP contribution is -2.35. The molecule has 2 aromatic rings. The highest BCUT2D eigenvalue weighted by molar-refractivity contribution is 7.80. The van der Waals surface area contributed by atoms with Crippen LogP contribution in [0.1, 0.15) is 12.5 Å². The van der Waals surface area contributed by atoms with Gasteiger partial charge in [-0.25, -0.2) is 0 Å². The second kappa shape index (κ2) is 5.88. The summed E-state index contributed by atoms with van der Waals surface area (Å²) < 4.78 is 0. The maximum Gasteiger partial charge on any atom is 0.241 e. The summed E-state index contributed by atoms with van der Waals surface area (Å²) in [7, 11) is 1.62. The molecule has 0 aromatic heterocycles. The molecule has 20 heavy (non-hydrogen) atoms. The fraction of sp³-hybridized carbons (Fsp3) is 0.200. The highest BCUT2D eigenvalue weighted by atomic mass is 32.1. The maximum atomic E-state index is 11.6. The second-order valence-electron chi connectivity index (χ2n) is 4.55. The standard InChI is InChI=1S/C15H17N3OS/c1-9(15(19)17-2)18-13-8-7-12(14(16)20)10-5-3-4-6-11(10)13/h3-9,18H,1-2H3,(H2,16,20)(H,17,19). The van der Waals surface area contributed by atoms with Crippen LogP contribution in [0.4, 0.5) is 5.69 Å². The molecular formula is C15H17N3OS. The summed E-state index contributed by atoms with van der Waals surface area (Å²) in [4.78, 5) is 12.0. The highest BCUT2D eigenvalue weighted by Gasteiger charge is 2.13. The van der Waals surface area contributed by atoms with Gasteiger partial charge in [0.2, 0.25) is 5.91 Å². The van der Waals surface area contributed by atoms with Gasteiger partial charge in [0.05, 0.1) is 0 Å². The minimum Gasteiger partial charge on any atom is -0.389 e. The summed E-state index contributed by atoms with van der Waals surface area (Å²) in [6.45, 7) is 1.81. The summed E-state index contributed by atoms with van der Waals surface area (Å²) in [6.07, 6.45) is 0. The number of nitrogens with two attached hydrogens (primary N) is 1. The van der Waals surface area contributed by atoms with E-state index in [0.717, 1.165) is 22.0 Å². The van der Waals surface area contributed by atoms with Crippen molar-refractivity contribution in [3.8, 4) is 0 Å². The van der Waals surface area contributed by atoms with Gasteiger partial charge >= 0.3 is 0 Å². The number of carbonyl (C=O) groups excluding carboxylic acids is 1. The van der Waals surface area contributed by atoms with E-state index in [4.69, 9.17) is 18.0 Å². The van der Waals surface area contributed by atoms with Crippen molar-refractivity contribution in [1.82, 2.24) is 5.32 Å². The number of carbonyl (C=O) groups is 1. The Kier molecular flexibility index (Phi) is 4.20. The summed E-state index contributed by atoms with van der Waals surface area (Å²) in [5.41, 5.74) is 7.48. The molecule has 0 radical (unpaired) electrons. The monoisotopic (exact) mass is 287 g/mol. The van der Waals surface area contributed by atoms with Gasteiger partial charge in [-0.15, -0.1) is 0 Å². The van der Waals surface area contributed by atoms with E-state index >= 15 is 0 Å². The van der Waals surface area contributed by atoms with E-state index in [-0.39, 0.29) is 11.9 Å². The lowest BCUT2D eigenvalue weighted by Gasteiger charge is -2.17. The van der Waals surface area contributed by atoms with E-state index in [9.17, 15) is 4.79 Å². The van der Waals surface area contributed by atoms with Crippen LogP contribution in [0.5, 0.6) is 0 Å². The quantitative estimate of drug-likeness (QED) is 0.753. The molecule has 2 rings (SSSR count). The highest BCUT2D eigenvalue weighted by Crippen LogP contribution is 2.27. The van der Waals surface area contributed by atoms with Crippen molar-refractivity contribution < 1.29 is 4.79 Å². The molecule has 0 aliphatic rings. The van der Waals surface area contributed by atoms with Crippen LogP contribution in [-0.4, -0.2) is 24.0 Å². The van der Waals surface area contributed by atoms with Crippen molar-refractivity contribution in [1.29, 1.82) is 0 Å². The Balaban J connectivity index is 2.48. The fourth-order valence-electron chi connectivity index (χ4n) is 2.16. The molecule has 104 valence electrons. The maximum absolute atomic E-state index is 11.6. The Bertz CT molecular complexity index is 669. The van der Waals surface area contributed by atoms with Gasteiger partial charge in [-0.2, -0.15) is 0 Å². The minimum absolute atomic E-state index is 0.0625. The van der Waals surface area contributed by atoms with Crippen molar-refractivity contribution in [2.24, 2.45) is 5.73 Å². The zero-order valence-corrected chi connectivity index (χ0v) is 12.3. The number of nitrogens with one attached hydrogen (secondary N) is 2. The van der Waals surface area contributed by atoms with Gasteiger partial charge in [0, 0.05) is 23.7 Å². The molecule has 0 aliphatic carbocycles. The van der Waals surface area contributed by atoms with Crippen LogP contribution in [0.3, 0.4) is 0 Å². The molecular weight excluding hydrogens is 270 g/mol. The number of likely N-dealkylation sites (N-methyl/N-ethyl adjacent to an activating group) is 1. The van der Waals surface area contributed by atoms with E-state index in [0.29, 0.717) is 4.99 Å². The molecule has 4 N–H and O–H groups in total. The summed E-state index contributed by atoms with van der Waals surface area (Å²) in [5, 5.41) is 7.80. The van der Waals surface area contributed by atoms with Gasteiger partial charge in [0.15, 0.2) is 0 Å². The molecule has 0 aliphatic heterocycles. The van der Waals surface area contributed by atoms with Gasteiger partial charge in [-0.05, 0) is 24.4 Å². The SMILES string of the molecule is CNC(=O)C(C)Nc1ccc(C(N)=S)c2ccccc12. The Morgan fingerprint density at radius 1 is 1.20 bits per heavy atom. The van der Waals surface area contributed by atoms with Crippen molar-refractivity contribution in [3.05, 3.63) is 42.0 Å². The number of rotatable bonds is 4. The zero-order chi connectivity index (χ0) is 14.7. The molecule has 0 bridgehead atoms. The first-order chi connectivity index (χ1) is 9.54. The summed E-state index contributed by atoms with van der Waals surface area (Å²) in [5.74, 6) is -0.0625. The van der Waals surface area contributed by atoms with E-state index in [2.05, 4.69) is 10.6 Å². The lowest BCUT2D eigenvalue weighted by atomic mass is 10.0. The van der Waals surface area contributed by atoms with E-state index < -0.39 is 0 Å². The molecule has 1 amide bonds.